The zero-order valence-electron chi connectivity index (χ0n) is 11.1. The monoisotopic (exact) mass is 241 g/mol. The lowest BCUT2D eigenvalue weighted by Crippen LogP contribution is -2.43. The van der Waals surface area contributed by atoms with E-state index in [0.717, 1.165) is 0 Å². The van der Waals surface area contributed by atoms with Crippen LogP contribution in [0.3, 0.4) is 0 Å². The molecule has 5 nitrogen and oxygen atoms in total. The number of aromatic nitrogens is 3. The van der Waals surface area contributed by atoms with Crippen LogP contribution in [0, 0.1) is 0 Å². The number of aliphatic hydroxyl groups is 2. The Hall–Kier alpha value is -0.940. The first-order valence-corrected chi connectivity index (χ1v) is 6.23. The maximum Gasteiger partial charge on any atom is 0.138 e. The van der Waals surface area contributed by atoms with E-state index >= 15 is 0 Å². The van der Waals surface area contributed by atoms with Crippen molar-refractivity contribution in [2.75, 3.05) is 0 Å². The third-order valence-corrected chi connectivity index (χ3v) is 3.36. The molecule has 5 heteroatoms. The number of aliphatic hydroxyl groups excluding tert-OH is 1. The minimum absolute atomic E-state index is 0.205. The van der Waals surface area contributed by atoms with Crippen LogP contribution >= 0.6 is 0 Å². The van der Waals surface area contributed by atoms with Crippen LogP contribution in [-0.4, -0.2) is 36.7 Å². The summed E-state index contributed by atoms with van der Waals surface area (Å²) in [6.45, 7) is 7.77. The van der Waals surface area contributed by atoms with Crippen molar-refractivity contribution in [1.82, 2.24) is 14.8 Å². The molecule has 0 saturated heterocycles. The van der Waals surface area contributed by atoms with Gasteiger partial charge >= 0.3 is 0 Å². The zero-order chi connectivity index (χ0) is 13.1. The summed E-state index contributed by atoms with van der Waals surface area (Å²) < 4.78 is 1.77. The molecule has 2 N–H and O–H groups in total. The SMILES string of the molecule is CCC(O)(CC)C(O)Cc1ncnn1C(C)C. The largest absolute Gasteiger partial charge is 0.390 e. The molecule has 1 heterocycles. The summed E-state index contributed by atoms with van der Waals surface area (Å²) in [5.41, 5.74) is -1.03. The van der Waals surface area contributed by atoms with Gasteiger partial charge in [-0.1, -0.05) is 13.8 Å². The molecule has 0 saturated carbocycles. The van der Waals surface area contributed by atoms with E-state index < -0.39 is 11.7 Å². The number of hydrogen-bond acceptors (Lipinski definition) is 4. The highest BCUT2D eigenvalue weighted by atomic mass is 16.3. The Bertz CT molecular complexity index is 345. The molecule has 1 atom stereocenters. The summed E-state index contributed by atoms with van der Waals surface area (Å²) in [6, 6.07) is 0.205. The molecular formula is C12H23N3O2. The Balaban J connectivity index is 2.80. The summed E-state index contributed by atoms with van der Waals surface area (Å²) in [6.07, 6.45) is 2.07. The normalized spacial score (nSPS) is 14.3. The van der Waals surface area contributed by atoms with E-state index in [9.17, 15) is 10.2 Å². The van der Waals surface area contributed by atoms with Crippen molar-refractivity contribution in [3.63, 3.8) is 0 Å². The van der Waals surface area contributed by atoms with Gasteiger partial charge in [-0.15, -0.1) is 0 Å². The maximum absolute atomic E-state index is 10.2. The van der Waals surface area contributed by atoms with E-state index in [4.69, 9.17) is 0 Å². The fourth-order valence-electron chi connectivity index (χ4n) is 1.94. The Morgan fingerprint density at radius 3 is 2.41 bits per heavy atom. The lowest BCUT2D eigenvalue weighted by atomic mass is 9.88. The van der Waals surface area contributed by atoms with Crippen LogP contribution in [0.25, 0.3) is 0 Å². The van der Waals surface area contributed by atoms with E-state index in [1.165, 1.54) is 6.33 Å². The van der Waals surface area contributed by atoms with Gasteiger partial charge in [-0.2, -0.15) is 5.10 Å². The molecule has 0 aromatic carbocycles. The molecule has 17 heavy (non-hydrogen) atoms. The van der Waals surface area contributed by atoms with Crippen molar-refractivity contribution in [1.29, 1.82) is 0 Å². The minimum atomic E-state index is -1.03. The van der Waals surface area contributed by atoms with Crippen molar-refractivity contribution >= 4 is 0 Å². The molecule has 0 aliphatic heterocycles. The molecule has 0 aliphatic rings. The zero-order valence-corrected chi connectivity index (χ0v) is 11.1. The van der Waals surface area contributed by atoms with Crippen LogP contribution in [0.5, 0.6) is 0 Å². The van der Waals surface area contributed by atoms with Crippen LogP contribution in [0.15, 0.2) is 6.33 Å². The molecule has 0 aliphatic carbocycles. The highest BCUT2D eigenvalue weighted by Crippen LogP contribution is 2.22. The van der Waals surface area contributed by atoms with Crippen LogP contribution in [0.1, 0.15) is 52.4 Å². The molecule has 1 unspecified atom stereocenters. The second kappa shape index (κ2) is 5.60. The molecule has 1 aromatic heterocycles. The van der Waals surface area contributed by atoms with Crippen molar-refractivity contribution < 1.29 is 10.2 Å². The van der Waals surface area contributed by atoms with Crippen molar-refractivity contribution in [3.05, 3.63) is 12.2 Å². The van der Waals surface area contributed by atoms with Gasteiger partial charge in [0.15, 0.2) is 0 Å². The van der Waals surface area contributed by atoms with Gasteiger partial charge in [-0.3, -0.25) is 0 Å². The molecule has 0 amide bonds. The lowest BCUT2D eigenvalue weighted by molar-refractivity contribution is -0.0801. The van der Waals surface area contributed by atoms with Crippen LogP contribution < -0.4 is 0 Å². The van der Waals surface area contributed by atoms with E-state index in [1.54, 1.807) is 4.68 Å². The van der Waals surface area contributed by atoms with E-state index in [-0.39, 0.29) is 6.04 Å². The predicted octanol–water partition coefficient (Wildman–Crippen LogP) is 1.31. The summed E-state index contributed by atoms with van der Waals surface area (Å²) in [7, 11) is 0. The summed E-state index contributed by atoms with van der Waals surface area (Å²) >= 11 is 0. The highest BCUT2D eigenvalue weighted by molar-refractivity contribution is 4.95. The molecule has 0 fully saturated rings. The molecule has 0 bridgehead atoms. The lowest BCUT2D eigenvalue weighted by Gasteiger charge is -2.30. The first-order valence-electron chi connectivity index (χ1n) is 6.23. The van der Waals surface area contributed by atoms with Gasteiger partial charge in [0.25, 0.3) is 0 Å². The summed E-state index contributed by atoms with van der Waals surface area (Å²) in [4.78, 5) is 4.14. The first-order chi connectivity index (χ1) is 7.94. The fourth-order valence-corrected chi connectivity index (χ4v) is 1.94. The van der Waals surface area contributed by atoms with E-state index in [1.807, 2.05) is 27.7 Å². The van der Waals surface area contributed by atoms with E-state index in [2.05, 4.69) is 10.1 Å². The van der Waals surface area contributed by atoms with Crippen molar-refractivity contribution in [2.45, 2.75) is 64.7 Å². The molecule has 1 aromatic rings. The third-order valence-electron chi connectivity index (χ3n) is 3.36. The molecule has 0 spiro atoms. The van der Waals surface area contributed by atoms with Gasteiger partial charge in [0, 0.05) is 12.5 Å². The molecule has 0 radical (unpaired) electrons. The fraction of sp³-hybridized carbons (Fsp3) is 0.833. The quantitative estimate of drug-likeness (QED) is 0.788. The second-order valence-corrected chi connectivity index (χ2v) is 4.75. The maximum atomic E-state index is 10.2. The minimum Gasteiger partial charge on any atom is -0.390 e. The molecular weight excluding hydrogens is 218 g/mol. The van der Waals surface area contributed by atoms with Crippen molar-refractivity contribution in [2.24, 2.45) is 0 Å². The van der Waals surface area contributed by atoms with Gasteiger partial charge in [0.2, 0.25) is 0 Å². The van der Waals surface area contributed by atoms with Gasteiger partial charge in [-0.05, 0) is 26.7 Å². The van der Waals surface area contributed by atoms with Crippen molar-refractivity contribution in [3.8, 4) is 0 Å². The highest BCUT2D eigenvalue weighted by Gasteiger charge is 2.33. The van der Waals surface area contributed by atoms with Crippen LogP contribution in [0.2, 0.25) is 0 Å². The van der Waals surface area contributed by atoms with Gasteiger partial charge in [0.1, 0.15) is 12.2 Å². The Kier molecular flexibility index (Phi) is 4.65. The number of hydrogen-bond donors (Lipinski definition) is 2. The first kappa shape index (κ1) is 14.1. The topological polar surface area (TPSA) is 71.2 Å². The standard InChI is InChI=1S/C12H23N3O2/c1-5-12(17,6-2)10(16)7-11-13-8-14-15(11)9(3)4/h8-10,16-17H,5-7H2,1-4H3. The average molecular weight is 241 g/mol. The van der Waals surface area contributed by atoms with Gasteiger partial charge in [-0.25, -0.2) is 9.67 Å². The predicted molar refractivity (Wildman–Crippen MR) is 65.6 cm³/mol. The summed E-state index contributed by atoms with van der Waals surface area (Å²) in [5.74, 6) is 0.716. The Labute approximate surface area is 102 Å². The Morgan fingerprint density at radius 1 is 1.35 bits per heavy atom. The smallest absolute Gasteiger partial charge is 0.138 e. The third kappa shape index (κ3) is 3.04. The Morgan fingerprint density at radius 2 is 1.94 bits per heavy atom. The van der Waals surface area contributed by atoms with Gasteiger partial charge in [0.05, 0.1) is 11.7 Å². The molecule has 98 valence electrons. The van der Waals surface area contributed by atoms with E-state index in [0.29, 0.717) is 25.1 Å². The number of rotatable bonds is 6. The van der Waals surface area contributed by atoms with Gasteiger partial charge < -0.3 is 10.2 Å². The average Bonchev–Trinajstić information content (AvgIpc) is 2.76. The molecule has 1 rings (SSSR count). The summed E-state index contributed by atoms with van der Waals surface area (Å²) in [5, 5.41) is 24.4. The van der Waals surface area contributed by atoms with Crippen LogP contribution in [-0.2, 0) is 6.42 Å². The van der Waals surface area contributed by atoms with Crippen LogP contribution in [0.4, 0.5) is 0 Å². The number of nitrogens with zero attached hydrogens (tertiary/aromatic N) is 3. The second-order valence-electron chi connectivity index (χ2n) is 4.75.